The fraction of sp³-hybridized carbons (Fsp3) is 0.800. The van der Waals surface area contributed by atoms with Crippen LogP contribution in [0.5, 0.6) is 0 Å². The summed E-state index contributed by atoms with van der Waals surface area (Å²) in [5.74, 6) is -0.0429. The Labute approximate surface area is 65.9 Å². The summed E-state index contributed by atoms with van der Waals surface area (Å²) in [5, 5.41) is 0. The fourth-order valence-electron chi connectivity index (χ4n) is 0.884. The first-order chi connectivity index (χ1) is 4.97. The average molecular weight is 182 g/mol. The Morgan fingerprint density at radius 2 is 2.36 bits per heavy atom. The summed E-state index contributed by atoms with van der Waals surface area (Å²) in [7, 11) is -2.96. The van der Waals surface area contributed by atoms with Crippen LogP contribution in [0.1, 0.15) is 6.92 Å². The summed E-state index contributed by atoms with van der Waals surface area (Å²) in [6, 6.07) is 0. The van der Waals surface area contributed by atoms with Gasteiger partial charge in [0, 0.05) is 0 Å². The summed E-state index contributed by atoms with van der Waals surface area (Å²) >= 11 is 0. The Balaban J connectivity index is 2.57. The number of hydrogen-bond acceptors (Lipinski definition) is 5. The maximum Gasteiger partial charge on any atom is 0.293 e. The van der Waals surface area contributed by atoms with Crippen LogP contribution in [0.15, 0.2) is 0 Å². The van der Waals surface area contributed by atoms with Crippen molar-refractivity contribution < 1.29 is 22.8 Å². The third-order valence-electron chi connectivity index (χ3n) is 1.38. The van der Waals surface area contributed by atoms with Gasteiger partial charge in [-0.3, -0.25) is 8.98 Å². The molecule has 0 radical (unpaired) electrons. The summed E-state index contributed by atoms with van der Waals surface area (Å²) in [6.45, 7) is 1.90. The highest BCUT2D eigenvalue weighted by Crippen LogP contribution is 2.49. The number of hydrogen-bond donors (Lipinski definition) is 2. The molecule has 66 valence electrons. The minimum absolute atomic E-state index is 0.0358. The van der Waals surface area contributed by atoms with Crippen molar-refractivity contribution in [3.05, 3.63) is 0 Å². The Bertz CT molecular complexity index is 170. The Kier molecular flexibility index (Phi) is 2.10. The van der Waals surface area contributed by atoms with Crippen LogP contribution in [0.2, 0.25) is 0 Å². The second-order valence-corrected chi connectivity index (χ2v) is 4.42. The molecule has 6 heteroatoms. The van der Waals surface area contributed by atoms with Crippen LogP contribution < -0.4 is 0 Å². The van der Waals surface area contributed by atoms with Gasteiger partial charge in [-0.05, 0) is 6.92 Å². The third-order valence-corrected chi connectivity index (χ3v) is 2.86. The molecule has 0 aromatic carbocycles. The van der Waals surface area contributed by atoms with Crippen molar-refractivity contribution >= 4 is 17.3 Å². The van der Waals surface area contributed by atoms with Gasteiger partial charge in [0.1, 0.15) is 12.2 Å². The quantitative estimate of drug-likeness (QED) is 0.612. The van der Waals surface area contributed by atoms with E-state index in [9.17, 15) is 4.79 Å². The van der Waals surface area contributed by atoms with Crippen LogP contribution in [0, 0.1) is 0 Å². The van der Waals surface area contributed by atoms with E-state index in [1.54, 1.807) is 6.92 Å². The molecule has 0 aliphatic carbocycles. The first-order valence-corrected chi connectivity index (χ1v) is 4.63. The molecule has 1 fully saturated rings. The van der Waals surface area contributed by atoms with E-state index in [4.69, 9.17) is 9.11 Å². The van der Waals surface area contributed by atoms with Gasteiger partial charge in [-0.25, -0.2) is 0 Å². The Hall–Kier alpha value is -0.300. The minimum atomic E-state index is -2.96. The maximum absolute atomic E-state index is 9.95. The molecule has 11 heavy (non-hydrogen) atoms. The molecule has 1 aliphatic heterocycles. The summed E-state index contributed by atoms with van der Waals surface area (Å²) in [6.07, 6.45) is 0. The summed E-state index contributed by atoms with van der Waals surface area (Å²) < 4.78 is 27.2. The fourth-order valence-corrected chi connectivity index (χ4v) is 2.35. The molecule has 1 rings (SSSR count). The van der Waals surface area contributed by atoms with Gasteiger partial charge in [-0.2, -0.15) is 0 Å². The van der Waals surface area contributed by atoms with Gasteiger partial charge >= 0.3 is 0 Å². The minimum Gasteiger partial charge on any atom is -0.458 e. The van der Waals surface area contributed by atoms with E-state index in [2.05, 4.69) is 8.92 Å². The van der Waals surface area contributed by atoms with E-state index in [1.807, 2.05) is 0 Å². The van der Waals surface area contributed by atoms with E-state index in [0.717, 1.165) is 0 Å². The van der Waals surface area contributed by atoms with Crippen LogP contribution in [0.3, 0.4) is 0 Å². The van der Waals surface area contributed by atoms with Gasteiger partial charge in [0.05, 0.1) is 16.6 Å². The predicted molar refractivity (Wildman–Crippen MR) is 39.2 cm³/mol. The molecule has 1 atom stereocenters. The number of ether oxygens (including phenoxy) is 1. The molecule has 0 saturated carbocycles. The molecule has 1 saturated heterocycles. The summed E-state index contributed by atoms with van der Waals surface area (Å²) in [4.78, 5) is 9.95. The first kappa shape index (κ1) is 8.79. The van der Waals surface area contributed by atoms with Crippen molar-refractivity contribution in [1.29, 1.82) is 0 Å². The third kappa shape index (κ3) is 2.06. The molecule has 2 N–H and O–H groups in total. The van der Waals surface area contributed by atoms with Gasteiger partial charge in [0.15, 0.2) is 0 Å². The topological polar surface area (TPSA) is 76.0 Å². The molecule has 0 amide bonds. The zero-order valence-corrected chi connectivity index (χ0v) is 6.84. The standard InChI is InChI=1S/C5H10O5S/c1-5(9-4-6)2-10-11(7,8)3-5/h4,7-8H,2-3H2,1H3. The maximum atomic E-state index is 9.95. The van der Waals surface area contributed by atoms with E-state index < -0.39 is 16.5 Å². The smallest absolute Gasteiger partial charge is 0.293 e. The zero-order valence-electron chi connectivity index (χ0n) is 6.02. The van der Waals surface area contributed by atoms with Gasteiger partial charge in [-0.15, -0.1) is 0 Å². The summed E-state index contributed by atoms with van der Waals surface area (Å²) in [5.41, 5.74) is -0.874. The van der Waals surface area contributed by atoms with Gasteiger partial charge in [-0.1, -0.05) is 0 Å². The number of rotatable bonds is 2. The second-order valence-electron chi connectivity index (χ2n) is 2.68. The second kappa shape index (κ2) is 2.63. The average Bonchev–Trinajstić information content (AvgIpc) is 2.07. The Morgan fingerprint density at radius 3 is 2.73 bits per heavy atom. The molecule has 5 nitrogen and oxygen atoms in total. The molecule has 0 bridgehead atoms. The number of carbonyl (C=O) groups is 1. The van der Waals surface area contributed by atoms with Crippen LogP contribution >= 0.6 is 10.9 Å². The molecule has 0 aromatic rings. The van der Waals surface area contributed by atoms with Crippen LogP contribution in [0.25, 0.3) is 0 Å². The predicted octanol–water partition coefficient (Wildman–Crippen LogP) is 0.614. The molecule has 1 heterocycles. The van der Waals surface area contributed by atoms with Crippen LogP contribution in [-0.4, -0.2) is 33.5 Å². The van der Waals surface area contributed by atoms with Crippen molar-refractivity contribution in [3.63, 3.8) is 0 Å². The zero-order chi connectivity index (χ0) is 8.54. The number of carbonyl (C=O) groups excluding carboxylic acids is 1. The molecule has 1 aliphatic rings. The van der Waals surface area contributed by atoms with Crippen LogP contribution in [0.4, 0.5) is 0 Å². The van der Waals surface area contributed by atoms with Gasteiger partial charge < -0.3 is 13.8 Å². The highest BCUT2D eigenvalue weighted by molar-refractivity contribution is 8.20. The Morgan fingerprint density at radius 1 is 1.73 bits per heavy atom. The lowest BCUT2D eigenvalue weighted by atomic mass is 10.1. The normalized spacial score (nSPS) is 38.1. The monoisotopic (exact) mass is 182 g/mol. The van der Waals surface area contributed by atoms with E-state index in [-0.39, 0.29) is 18.8 Å². The van der Waals surface area contributed by atoms with Crippen molar-refractivity contribution in [2.24, 2.45) is 0 Å². The van der Waals surface area contributed by atoms with Crippen molar-refractivity contribution in [2.45, 2.75) is 12.5 Å². The van der Waals surface area contributed by atoms with E-state index >= 15 is 0 Å². The van der Waals surface area contributed by atoms with Gasteiger partial charge in [0.2, 0.25) is 0 Å². The molecule has 0 spiro atoms. The molecular weight excluding hydrogens is 172 g/mol. The molecule has 0 aromatic heterocycles. The van der Waals surface area contributed by atoms with Gasteiger partial charge in [0.25, 0.3) is 6.47 Å². The largest absolute Gasteiger partial charge is 0.458 e. The van der Waals surface area contributed by atoms with Crippen LogP contribution in [-0.2, 0) is 13.7 Å². The SMILES string of the molecule is CC1(OC=O)COS(O)(O)C1. The van der Waals surface area contributed by atoms with Crippen molar-refractivity contribution in [1.82, 2.24) is 0 Å². The van der Waals surface area contributed by atoms with E-state index in [1.165, 1.54) is 0 Å². The first-order valence-electron chi connectivity index (χ1n) is 2.99. The molecular formula is C5H10O5S. The van der Waals surface area contributed by atoms with E-state index in [0.29, 0.717) is 0 Å². The highest BCUT2D eigenvalue weighted by atomic mass is 32.3. The highest BCUT2D eigenvalue weighted by Gasteiger charge is 2.43. The van der Waals surface area contributed by atoms with Crippen molar-refractivity contribution in [3.8, 4) is 0 Å². The molecule has 1 unspecified atom stereocenters. The lowest BCUT2D eigenvalue weighted by Gasteiger charge is -2.21. The lowest BCUT2D eigenvalue weighted by molar-refractivity contribution is -0.140. The van der Waals surface area contributed by atoms with Crippen molar-refractivity contribution in [2.75, 3.05) is 12.4 Å². The lowest BCUT2D eigenvalue weighted by Crippen LogP contribution is -2.32.